The molecule has 0 aromatic heterocycles. The first-order valence-electron chi connectivity index (χ1n) is 26.4. The largest absolute Gasteiger partial charge is 0.376 e. The maximum absolute atomic E-state index is 12.6. The second kappa shape index (κ2) is 20.4. The van der Waals surface area contributed by atoms with E-state index in [2.05, 4.69) is 58.3 Å². The molecule has 8 aliphatic rings. The van der Waals surface area contributed by atoms with Crippen LogP contribution >= 0.6 is 0 Å². The lowest BCUT2D eigenvalue weighted by Crippen LogP contribution is -2.47. The molecule has 0 spiro atoms. The Morgan fingerprint density at radius 1 is 0.469 bits per heavy atom. The Labute approximate surface area is 384 Å². The minimum absolute atomic E-state index is 0.247. The minimum atomic E-state index is -0.286. The maximum Gasteiger partial charge on any atom is 0.315 e. The van der Waals surface area contributed by atoms with Crippen LogP contribution in [0.3, 0.4) is 0 Å². The van der Waals surface area contributed by atoms with E-state index >= 15 is 0 Å². The van der Waals surface area contributed by atoms with E-state index in [1.54, 1.807) is 22.3 Å². The van der Waals surface area contributed by atoms with Crippen molar-refractivity contribution in [1.82, 2.24) is 19.6 Å². The Kier molecular flexibility index (Phi) is 14.2. The van der Waals surface area contributed by atoms with Gasteiger partial charge in [0.25, 0.3) is 0 Å². The van der Waals surface area contributed by atoms with Gasteiger partial charge in [0.15, 0.2) is 0 Å². The fourth-order valence-electron chi connectivity index (χ4n) is 15.1. The Bertz CT molecular complexity index is 1670. The number of primary amides is 2. The topological polar surface area (TPSA) is 118 Å². The SMILES string of the molecule is NC(=O)N(CCOC1CCC(C2CCC(OCCN(C(N)=O)C3CCC(CCN4[C@@H]5CC[C@H]4c4ccccc45)CC3)CC2)CC1)C1CCC(CCN2[C@@H]3CC[C@H]2c2ccccc23)CC1. The molecule has 4 heterocycles. The number of nitrogens with two attached hydrogens (primary N) is 2. The van der Waals surface area contributed by atoms with E-state index in [1.165, 1.54) is 103 Å². The highest BCUT2D eigenvalue weighted by Gasteiger charge is 2.45. The molecule has 10 heteroatoms. The summed E-state index contributed by atoms with van der Waals surface area (Å²) in [5.41, 5.74) is 18.2. The van der Waals surface area contributed by atoms with Crippen LogP contribution in [0.5, 0.6) is 0 Å². The van der Waals surface area contributed by atoms with E-state index in [1.807, 2.05) is 9.80 Å². The number of amides is 4. The lowest BCUT2D eigenvalue weighted by atomic mass is 9.72. The maximum atomic E-state index is 12.6. The summed E-state index contributed by atoms with van der Waals surface area (Å²) in [6.07, 6.45) is 26.7. The van der Waals surface area contributed by atoms with Gasteiger partial charge in [-0.15, -0.1) is 0 Å². The summed E-state index contributed by atoms with van der Waals surface area (Å²) < 4.78 is 12.9. The van der Waals surface area contributed by atoms with Gasteiger partial charge in [-0.1, -0.05) is 48.5 Å². The molecule has 2 aromatic carbocycles. The number of hydrogen-bond acceptors (Lipinski definition) is 6. The number of nitrogens with zero attached hydrogens (tertiary/aromatic N) is 4. The van der Waals surface area contributed by atoms with Gasteiger partial charge in [-0.25, -0.2) is 9.59 Å². The molecule has 64 heavy (non-hydrogen) atoms. The summed E-state index contributed by atoms with van der Waals surface area (Å²) in [7, 11) is 0. The minimum Gasteiger partial charge on any atom is -0.376 e. The predicted molar refractivity (Wildman–Crippen MR) is 252 cm³/mol. The smallest absolute Gasteiger partial charge is 0.315 e. The van der Waals surface area contributed by atoms with E-state index in [4.69, 9.17) is 20.9 Å². The zero-order chi connectivity index (χ0) is 43.6. The lowest BCUT2D eigenvalue weighted by Gasteiger charge is -2.39. The Morgan fingerprint density at radius 3 is 1.11 bits per heavy atom. The van der Waals surface area contributed by atoms with Gasteiger partial charge in [0.05, 0.1) is 25.4 Å². The number of hydrogen-bond donors (Lipinski definition) is 2. The first kappa shape index (κ1) is 44.6. The molecule has 0 unspecified atom stereocenters. The van der Waals surface area contributed by atoms with E-state index < -0.39 is 0 Å². The van der Waals surface area contributed by atoms with Gasteiger partial charge in [0.2, 0.25) is 0 Å². The van der Waals surface area contributed by atoms with Crippen molar-refractivity contribution in [3.63, 3.8) is 0 Å². The quantitative estimate of drug-likeness (QED) is 0.163. The van der Waals surface area contributed by atoms with Crippen molar-refractivity contribution in [2.75, 3.05) is 39.4 Å². The third-order valence-corrected chi connectivity index (χ3v) is 18.6. The second-order valence-corrected chi connectivity index (χ2v) is 21.8. The number of carbonyl (C=O) groups is 2. The highest BCUT2D eigenvalue weighted by molar-refractivity contribution is 5.72. The molecule has 2 saturated heterocycles. The summed E-state index contributed by atoms with van der Waals surface area (Å²) >= 11 is 0. The van der Waals surface area contributed by atoms with E-state index in [9.17, 15) is 9.59 Å². The number of fused-ring (bicyclic) bond motifs is 10. The fraction of sp³-hybridized carbons (Fsp3) is 0.741. The van der Waals surface area contributed by atoms with Crippen LogP contribution in [-0.2, 0) is 9.47 Å². The second-order valence-electron chi connectivity index (χ2n) is 21.8. The molecule has 10 rings (SSSR count). The molecular formula is C54H80N6O4. The third kappa shape index (κ3) is 9.64. The van der Waals surface area contributed by atoms with E-state index in [0.29, 0.717) is 62.7 Å². The van der Waals surface area contributed by atoms with Crippen LogP contribution in [0.4, 0.5) is 9.59 Å². The summed E-state index contributed by atoms with van der Waals surface area (Å²) in [5, 5.41) is 0. The monoisotopic (exact) mass is 877 g/mol. The van der Waals surface area contributed by atoms with Gasteiger partial charge in [-0.2, -0.15) is 0 Å². The van der Waals surface area contributed by atoms with Gasteiger partial charge >= 0.3 is 12.1 Å². The molecule has 0 radical (unpaired) electrons. The zero-order valence-corrected chi connectivity index (χ0v) is 38.9. The van der Waals surface area contributed by atoms with Crippen LogP contribution in [0.15, 0.2) is 48.5 Å². The van der Waals surface area contributed by atoms with Crippen molar-refractivity contribution in [3.05, 3.63) is 70.8 Å². The molecule has 4 bridgehead atoms. The third-order valence-electron chi connectivity index (χ3n) is 18.6. The molecule has 4 aliphatic heterocycles. The van der Waals surface area contributed by atoms with Gasteiger partial charge in [0, 0.05) is 49.3 Å². The highest BCUT2D eigenvalue weighted by Crippen LogP contribution is 2.54. The molecule has 4 N–H and O–H groups in total. The summed E-state index contributed by atoms with van der Waals surface area (Å²) in [5.74, 6) is 3.04. The summed E-state index contributed by atoms with van der Waals surface area (Å²) in [6, 6.07) is 20.6. The number of urea groups is 2. The van der Waals surface area contributed by atoms with Crippen molar-refractivity contribution < 1.29 is 19.1 Å². The first-order chi connectivity index (χ1) is 31.4. The molecule has 4 atom stereocenters. The van der Waals surface area contributed by atoms with Gasteiger partial charge in [-0.05, 0) is 200 Å². The van der Waals surface area contributed by atoms with E-state index in [0.717, 1.165) is 75.0 Å². The molecule has 10 nitrogen and oxygen atoms in total. The van der Waals surface area contributed by atoms with Gasteiger partial charge < -0.3 is 30.7 Å². The van der Waals surface area contributed by atoms with E-state index in [-0.39, 0.29) is 24.1 Å². The first-order valence-corrected chi connectivity index (χ1v) is 26.4. The molecule has 4 aliphatic carbocycles. The lowest BCUT2D eigenvalue weighted by molar-refractivity contribution is -0.0189. The molecule has 4 amide bonds. The zero-order valence-electron chi connectivity index (χ0n) is 38.9. The van der Waals surface area contributed by atoms with Gasteiger partial charge in [-0.3, -0.25) is 9.80 Å². The number of carbonyl (C=O) groups excluding carboxylic acids is 2. The molecule has 350 valence electrons. The van der Waals surface area contributed by atoms with Gasteiger partial charge in [0.1, 0.15) is 0 Å². The highest BCUT2D eigenvalue weighted by atomic mass is 16.5. The average Bonchev–Trinajstić information content (AvgIpc) is 4.10. The van der Waals surface area contributed by atoms with Crippen LogP contribution in [0.2, 0.25) is 0 Å². The van der Waals surface area contributed by atoms with Crippen molar-refractivity contribution in [1.29, 1.82) is 0 Å². The molecule has 6 fully saturated rings. The summed E-state index contributed by atoms with van der Waals surface area (Å²) in [4.78, 5) is 34.7. The average molecular weight is 877 g/mol. The summed E-state index contributed by atoms with van der Waals surface area (Å²) in [6.45, 7) is 4.78. The standard InChI is InChI=1S/C54H80N6O4/c55-53(61)57(41-17-9-37(10-18-41)29-31-59-49-25-26-50(59)46-6-2-1-5-45(46)49)33-35-63-43-21-13-39(14-22-43)40-15-23-44(24-16-40)64-36-34-58(54(56)62)42-19-11-38(12-20-42)30-32-60-51-27-28-52(60)48-8-4-3-7-47(48)51/h1-8,37-44,49-52H,9-36H2,(H2,55,61)(H2,56,62)/t37?,38?,39?,40?,41?,42?,43?,44?,49-,50+,51-,52+. The van der Waals surface area contributed by atoms with Crippen LogP contribution in [-0.4, -0.2) is 95.3 Å². The van der Waals surface area contributed by atoms with Crippen LogP contribution in [0.25, 0.3) is 0 Å². The van der Waals surface area contributed by atoms with Crippen LogP contribution in [0, 0.1) is 23.7 Å². The molecular weight excluding hydrogens is 797 g/mol. The number of ether oxygens (including phenoxy) is 2. The van der Waals surface area contributed by atoms with Crippen molar-refractivity contribution in [2.24, 2.45) is 35.1 Å². The van der Waals surface area contributed by atoms with Crippen molar-refractivity contribution >= 4 is 12.1 Å². The Balaban J connectivity index is 0.573. The van der Waals surface area contributed by atoms with Crippen molar-refractivity contribution in [3.8, 4) is 0 Å². The van der Waals surface area contributed by atoms with Crippen molar-refractivity contribution in [2.45, 2.75) is 190 Å². The Hall–Kier alpha value is -3.18. The number of benzene rings is 2. The molecule has 2 aromatic rings. The fourth-order valence-corrected chi connectivity index (χ4v) is 15.1. The number of rotatable bonds is 17. The Morgan fingerprint density at radius 2 is 0.797 bits per heavy atom. The normalized spacial score (nSPS) is 34.7. The van der Waals surface area contributed by atoms with Crippen LogP contribution in [0.1, 0.15) is 188 Å². The molecule has 4 saturated carbocycles. The predicted octanol–water partition coefficient (Wildman–Crippen LogP) is 10.6. The van der Waals surface area contributed by atoms with Crippen LogP contribution < -0.4 is 11.5 Å².